The number of benzene rings is 3. The number of amides is 1. The molecule has 214 valence electrons. The van der Waals surface area contributed by atoms with Gasteiger partial charge in [-0.15, -0.1) is 0 Å². The van der Waals surface area contributed by atoms with Crippen LogP contribution in [0.1, 0.15) is 65.6 Å². The molecule has 2 aliphatic heterocycles. The van der Waals surface area contributed by atoms with Crippen molar-refractivity contribution in [2.24, 2.45) is 0 Å². The van der Waals surface area contributed by atoms with Crippen LogP contribution in [0.5, 0.6) is 5.75 Å². The maximum atomic E-state index is 13.7. The summed E-state index contributed by atoms with van der Waals surface area (Å²) in [6, 6.07) is 14.4. The highest BCUT2D eigenvalue weighted by Gasteiger charge is 2.43. The Morgan fingerprint density at radius 2 is 1.80 bits per heavy atom. The zero-order chi connectivity index (χ0) is 29.1. The minimum Gasteiger partial charge on any atom is -0.484 e. The second kappa shape index (κ2) is 10.6. The van der Waals surface area contributed by atoms with Crippen LogP contribution in [-0.4, -0.2) is 39.8 Å². The molecule has 0 bridgehead atoms. The maximum absolute atomic E-state index is 13.7. The molecule has 1 aliphatic carbocycles. The van der Waals surface area contributed by atoms with Crippen LogP contribution in [0.2, 0.25) is 11.3 Å². The van der Waals surface area contributed by atoms with Crippen molar-refractivity contribution in [1.82, 2.24) is 5.32 Å². The number of carbonyl (C=O) groups excluding carboxylic acids is 1. The smallest absolute Gasteiger partial charge is 0.454 e. The monoisotopic (exact) mass is 598 g/mol. The molecule has 6 rings (SSSR count). The molecule has 3 aromatic rings. The van der Waals surface area contributed by atoms with Gasteiger partial charge in [0.05, 0.1) is 23.7 Å². The standard InChI is InChI=1S/C29H29BClFN2O6S/c1-33-29(35)27-22-14-21(16-3-4-16)24(15-26(22)39-28(27)17-5-7-18(32)8-6-17)34(41(2,37)38)19-9-10-20(23(31)13-19)25-11-12-30(36)40-25/h5-10,13-16,25,27-28,36H,3-4,11-12H2,1-2H3,(H,33,35). The van der Waals surface area contributed by atoms with Crippen LogP contribution >= 0.6 is 11.6 Å². The van der Waals surface area contributed by atoms with Crippen LogP contribution in [0.4, 0.5) is 15.8 Å². The van der Waals surface area contributed by atoms with E-state index in [-0.39, 0.29) is 17.9 Å². The predicted molar refractivity (Wildman–Crippen MR) is 155 cm³/mol. The fraction of sp³-hybridized carbons (Fsp3) is 0.345. The van der Waals surface area contributed by atoms with Gasteiger partial charge in [-0.05, 0) is 78.5 Å². The third kappa shape index (κ3) is 5.32. The van der Waals surface area contributed by atoms with Crippen molar-refractivity contribution in [1.29, 1.82) is 0 Å². The maximum Gasteiger partial charge on any atom is 0.454 e. The van der Waals surface area contributed by atoms with Gasteiger partial charge in [-0.3, -0.25) is 4.79 Å². The van der Waals surface area contributed by atoms with Gasteiger partial charge in [-0.2, -0.15) is 0 Å². The van der Waals surface area contributed by atoms with Crippen molar-refractivity contribution in [3.05, 3.63) is 87.7 Å². The molecule has 1 amide bonds. The number of rotatable bonds is 7. The number of ether oxygens (including phenoxy) is 1. The lowest BCUT2D eigenvalue weighted by Gasteiger charge is -2.27. The van der Waals surface area contributed by atoms with E-state index >= 15 is 0 Å². The Balaban J connectivity index is 1.46. The third-order valence-corrected chi connectivity index (χ3v) is 9.31. The molecule has 0 aromatic heterocycles. The van der Waals surface area contributed by atoms with Crippen LogP contribution in [0.25, 0.3) is 0 Å². The Morgan fingerprint density at radius 1 is 1.07 bits per heavy atom. The summed E-state index contributed by atoms with van der Waals surface area (Å²) in [5, 5.41) is 12.8. The van der Waals surface area contributed by atoms with Gasteiger partial charge >= 0.3 is 7.12 Å². The lowest BCUT2D eigenvalue weighted by Crippen LogP contribution is -2.29. The number of anilines is 2. The topological polar surface area (TPSA) is 105 Å². The van der Waals surface area contributed by atoms with Gasteiger partial charge in [0.2, 0.25) is 15.9 Å². The summed E-state index contributed by atoms with van der Waals surface area (Å²) >= 11 is 6.64. The molecule has 12 heteroatoms. The molecule has 3 atom stereocenters. The molecule has 3 unspecified atom stereocenters. The first-order valence-electron chi connectivity index (χ1n) is 13.5. The van der Waals surface area contributed by atoms with Crippen molar-refractivity contribution < 1.29 is 32.0 Å². The molecule has 0 radical (unpaired) electrons. The number of nitrogens with zero attached hydrogens (tertiary/aromatic N) is 1. The highest BCUT2D eigenvalue weighted by molar-refractivity contribution is 7.92. The lowest BCUT2D eigenvalue weighted by molar-refractivity contribution is -0.123. The van der Waals surface area contributed by atoms with Crippen LogP contribution in [-0.2, 0) is 19.5 Å². The summed E-state index contributed by atoms with van der Waals surface area (Å²) in [6.45, 7) is 0. The quantitative estimate of drug-likeness (QED) is 0.355. The van der Waals surface area contributed by atoms with E-state index < -0.39 is 35.0 Å². The Hall–Kier alpha value is -3.12. The van der Waals surface area contributed by atoms with Gasteiger partial charge in [-0.1, -0.05) is 29.8 Å². The third-order valence-electron chi connectivity index (χ3n) is 7.91. The first-order valence-corrected chi connectivity index (χ1v) is 15.7. The fourth-order valence-electron chi connectivity index (χ4n) is 5.82. The van der Waals surface area contributed by atoms with Crippen LogP contribution in [0, 0.1) is 5.82 Å². The van der Waals surface area contributed by atoms with Crippen LogP contribution in [0.15, 0.2) is 54.6 Å². The molecule has 2 heterocycles. The first-order chi connectivity index (χ1) is 19.5. The molecule has 3 aliphatic rings. The number of carbonyl (C=O) groups is 1. The summed E-state index contributed by atoms with van der Waals surface area (Å²) in [5.74, 6) is -0.846. The van der Waals surface area contributed by atoms with E-state index in [1.54, 1.807) is 43.4 Å². The van der Waals surface area contributed by atoms with E-state index in [9.17, 15) is 22.6 Å². The molecular formula is C29H29BClFN2O6S. The van der Waals surface area contributed by atoms with Gasteiger partial charge < -0.3 is 19.7 Å². The minimum atomic E-state index is -3.85. The predicted octanol–water partition coefficient (Wildman–Crippen LogP) is 5.36. The summed E-state index contributed by atoms with van der Waals surface area (Å²) in [7, 11) is -3.16. The zero-order valence-electron chi connectivity index (χ0n) is 22.5. The largest absolute Gasteiger partial charge is 0.484 e. The molecule has 41 heavy (non-hydrogen) atoms. The molecule has 1 saturated heterocycles. The van der Waals surface area contributed by atoms with Gasteiger partial charge in [0.15, 0.2) is 0 Å². The van der Waals surface area contributed by atoms with Crippen molar-refractivity contribution >= 4 is 46.0 Å². The van der Waals surface area contributed by atoms with E-state index in [2.05, 4.69) is 5.32 Å². The molecule has 8 nitrogen and oxygen atoms in total. The average molecular weight is 599 g/mol. The second-order valence-corrected chi connectivity index (χ2v) is 13.0. The molecule has 2 N–H and O–H groups in total. The fourth-order valence-corrected chi connectivity index (χ4v) is 7.13. The Labute approximate surface area is 243 Å². The molecule has 3 aromatic carbocycles. The summed E-state index contributed by atoms with van der Waals surface area (Å²) in [4.78, 5) is 13.1. The van der Waals surface area contributed by atoms with Gasteiger partial charge in [-0.25, -0.2) is 17.1 Å². The van der Waals surface area contributed by atoms with Crippen molar-refractivity contribution in [3.63, 3.8) is 0 Å². The van der Waals surface area contributed by atoms with Crippen molar-refractivity contribution in [2.75, 3.05) is 17.6 Å². The summed E-state index contributed by atoms with van der Waals surface area (Å²) in [5.41, 5.74) is 3.54. The summed E-state index contributed by atoms with van der Waals surface area (Å²) < 4.78 is 53.5. The van der Waals surface area contributed by atoms with Crippen LogP contribution < -0.4 is 14.4 Å². The number of hydrogen-bond acceptors (Lipinski definition) is 6. The zero-order valence-corrected chi connectivity index (χ0v) is 24.1. The Kier molecular flexibility index (Phi) is 7.26. The van der Waals surface area contributed by atoms with Crippen molar-refractivity contribution in [3.8, 4) is 5.75 Å². The summed E-state index contributed by atoms with van der Waals surface area (Å²) in [6.07, 6.45) is 2.91. The van der Waals surface area contributed by atoms with Crippen LogP contribution in [0.3, 0.4) is 0 Å². The number of sulfonamides is 1. The number of fused-ring (bicyclic) bond motifs is 1. The number of hydrogen-bond donors (Lipinski definition) is 2. The number of halogens is 2. The number of likely N-dealkylation sites (N-methyl/N-ethyl adjacent to an activating group) is 1. The first kappa shape index (κ1) is 28.0. The molecular weight excluding hydrogens is 570 g/mol. The Morgan fingerprint density at radius 3 is 2.39 bits per heavy atom. The normalized spacial score (nSPS) is 21.9. The van der Waals surface area contributed by atoms with E-state index in [4.69, 9.17) is 21.0 Å². The average Bonchev–Trinajstić information content (AvgIpc) is 3.58. The van der Waals surface area contributed by atoms with Gasteiger partial charge in [0.25, 0.3) is 0 Å². The lowest BCUT2D eigenvalue weighted by atomic mass is 9.87. The molecule has 2 fully saturated rings. The molecule has 0 spiro atoms. The SMILES string of the molecule is CNC(=O)C1c2cc(C3CC3)c(N(c3ccc(C4CCB(O)O4)c(Cl)c3)S(C)(=O)=O)cc2OC1c1ccc(F)cc1. The highest BCUT2D eigenvalue weighted by Crippen LogP contribution is 2.54. The van der Waals surface area contributed by atoms with Gasteiger partial charge in [0.1, 0.15) is 23.6 Å². The van der Waals surface area contributed by atoms with Gasteiger partial charge in [0, 0.05) is 23.7 Å². The Bertz CT molecular complexity index is 1620. The second-order valence-electron chi connectivity index (χ2n) is 10.8. The van der Waals surface area contributed by atoms with E-state index in [0.29, 0.717) is 51.6 Å². The van der Waals surface area contributed by atoms with E-state index in [1.807, 2.05) is 6.07 Å². The molecule has 1 saturated carbocycles. The van der Waals surface area contributed by atoms with E-state index in [1.165, 1.54) is 16.4 Å². The highest BCUT2D eigenvalue weighted by atomic mass is 35.5. The number of nitrogens with one attached hydrogen (secondary N) is 1. The minimum absolute atomic E-state index is 0.123. The van der Waals surface area contributed by atoms with E-state index in [0.717, 1.165) is 24.7 Å². The van der Waals surface area contributed by atoms with Crippen molar-refractivity contribution in [2.45, 2.75) is 49.6 Å².